The van der Waals surface area contributed by atoms with E-state index < -0.39 is 11.3 Å². The first kappa shape index (κ1) is 17.3. The summed E-state index contributed by atoms with van der Waals surface area (Å²) in [6.45, 7) is 0.647. The summed E-state index contributed by atoms with van der Waals surface area (Å²) in [5, 5.41) is 17.9. The lowest BCUT2D eigenvalue weighted by Crippen LogP contribution is -2.38. The first-order valence-corrected chi connectivity index (χ1v) is 8.95. The predicted molar refractivity (Wildman–Crippen MR) is 98.3 cm³/mol. The molecule has 6 heteroatoms. The Kier molecular flexibility index (Phi) is 4.17. The Morgan fingerprint density at radius 3 is 2.81 bits per heavy atom. The van der Waals surface area contributed by atoms with Gasteiger partial charge in [-0.05, 0) is 67.1 Å². The summed E-state index contributed by atoms with van der Waals surface area (Å²) in [4.78, 5) is 26.7. The van der Waals surface area contributed by atoms with E-state index in [4.69, 9.17) is 10.5 Å². The average Bonchev–Trinajstić information content (AvgIpc) is 3.02. The molecule has 1 heterocycles. The van der Waals surface area contributed by atoms with Gasteiger partial charge < -0.3 is 4.90 Å². The van der Waals surface area contributed by atoms with Gasteiger partial charge in [0.05, 0.1) is 17.0 Å². The Bertz CT molecular complexity index is 979. The molecule has 0 aromatic heterocycles. The van der Waals surface area contributed by atoms with Gasteiger partial charge >= 0.3 is 0 Å². The highest BCUT2D eigenvalue weighted by atomic mass is 16.5. The third kappa shape index (κ3) is 2.86. The van der Waals surface area contributed by atoms with Crippen molar-refractivity contribution >= 4 is 17.5 Å². The van der Waals surface area contributed by atoms with Crippen LogP contribution in [-0.2, 0) is 17.6 Å². The number of hydrogen-bond acceptors (Lipinski definition) is 4. The molecule has 0 saturated carbocycles. The number of amides is 2. The van der Waals surface area contributed by atoms with E-state index in [1.807, 2.05) is 12.1 Å². The van der Waals surface area contributed by atoms with Crippen molar-refractivity contribution in [1.29, 1.82) is 5.26 Å². The van der Waals surface area contributed by atoms with E-state index in [-0.39, 0.29) is 5.91 Å². The van der Waals surface area contributed by atoms with Crippen LogP contribution in [0.3, 0.4) is 0 Å². The predicted octanol–water partition coefficient (Wildman–Crippen LogP) is 2.59. The van der Waals surface area contributed by atoms with Crippen molar-refractivity contribution in [3.05, 3.63) is 64.7 Å². The molecular formula is C21H19N3O3. The SMILES string of the molecule is N#Cc1cccc(N2CC[C@@]3(CCc4cc(C(=O)NO)ccc4C3)C2=O)c1. The van der Waals surface area contributed by atoms with E-state index in [2.05, 4.69) is 6.07 Å². The lowest BCUT2D eigenvalue weighted by molar-refractivity contribution is -0.126. The largest absolute Gasteiger partial charge is 0.312 e. The highest BCUT2D eigenvalue weighted by Crippen LogP contribution is 2.45. The zero-order chi connectivity index (χ0) is 19.0. The number of nitriles is 1. The molecule has 136 valence electrons. The quantitative estimate of drug-likeness (QED) is 0.635. The highest BCUT2D eigenvalue weighted by molar-refractivity contribution is 6.00. The van der Waals surface area contributed by atoms with Gasteiger partial charge in [-0.2, -0.15) is 5.26 Å². The third-order valence-electron chi connectivity index (χ3n) is 5.77. The van der Waals surface area contributed by atoms with Crippen LogP contribution in [0.25, 0.3) is 0 Å². The van der Waals surface area contributed by atoms with E-state index in [1.54, 1.807) is 40.7 Å². The molecule has 2 amide bonds. The lowest BCUT2D eigenvalue weighted by Gasteiger charge is -2.33. The van der Waals surface area contributed by atoms with Gasteiger partial charge in [0.25, 0.3) is 5.91 Å². The van der Waals surface area contributed by atoms with Crippen LogP contribution in [0, 0.1) is 16.7 Å². The summed E-state index contributed by atoms with van der Waals surface area (Å²) in [6.07, 6.45) is 2.88. The number of carbonyl (C=O) groups is 2. The number of anilines is 1. The van der Waals surface area contributed by atoms with E-state index in [9.17, 15) is 9.59 Å². The summed E-state index contributed by atoms with van der Waals surface area (Å²) in [5.74, 6) is -0.418. The van der Waals surface area contributed by atoms with Gasteiger partial charge in [-0.3, -0.25) is 14.8 Å². The van der Waals surface area contributed by atoms with Crippen molar-refractivity contribution in [1.82, 2.24) is 5.48 Å². The number of nitrogens with zero attached hydrogens (tertiary/aromatic N) is 2. The summed E-state index contributed by atoms with van der Waals surface area (Å²) >= 11 is 0. The van der Waals surface area contributed by atoms with Crippen molar-refractivity contribution in [2.24, 2.45) is 5.41 Å². The molecule has 1 spiro atoms. The van der Waals surface area contributed by atoms with Gasteiger partial charge in [0.15, 0.2) is 0 Å². The highest BCUT2D eigenvalue weighted by Gasteiger charge is 2.48. The first-order chi connectivity index (χ1) is 13.1. The standard InChI is InChI=1S/C21H19N3O3/c22-13-14-2-1-3-18(10-14)24-9-8-21(20(24)26)7-6-15-11-16(19(25)23-27)4-5-17(15)12-21/h1-5,10-11,27H,6-9,12H2,(H,23,25)/t21-/m1/s1. The molecular weight excluding hydrogens is 342 g/mol. The van der Waals surface area contributed by atoms with E-state index >= 15 is 0 Å². The maximum atomic E-state index is 13.3. The molecule has 1 saturated heterocycles. The van der Waals surface area contributed by atoms with Gasteiger partial charge in [-0.1, -0.05) is 12.1 Å². The number of carbonyl (C=O) groups excluding carboxylic acids is 2. The van der Waals surface area contributed by atoms with Crippen LogP contribution in [0.15, 0.2) is 42.5 Å². The molecule has 4 rings (SSSR count). The van der Waals surface area contributed by atoms with Gasteiger partial charge in [0.1, 0.15) is 0 Å². The molecule has 0 radical (unpaired) electrons. The first-order valence-electron chi connectivity index (χ1n) is 8.95. The smallest absolute Gasteiger partial charge is 0.274 e. The maximum Gasteiger partial charge on any atom is 0.274 e. The molecule has 0 bridgehead atoms. The fourth-order valence-corrected chi connectivity index (χ4v) is 4.27. The summed E-state index contributed by atoms with van der Waals surface area (Å²) in [6, 6.07) is 14.6. The van der Waals surface area contributed by atoms with Crippen LogP contribution in [-0.4, -0.2) is 23.6 Å². The van der Waals surface area contributed by atoms with Crippen molar-refractivity contribution in [2.75, 3.05) is 11.4 Å². The molecule has 6 nitrogen and oxygen atoms in total. The molecule has 2 aromatic carbocycles. The van der Waals surface area contributed by atoms with Crippen molar-refractivity contribution in [2.45, 2.75) is 25.7 Å². The molecule has 27 heavy (non-hydrogen) atoms. The summed E-state index contributed by atoms with van der Waals surface area (Å²) in [7, 11) is 0. The fraction of sp³-hybridized carbons (Fsp3) is 0.286. The third-order valence-corrected chi connectivity index (χ3v) is 5.77. The number of hydrogen-bond donors (Lipinski definition) is 2. The second-order valence-electron chi connectivity index (χ2n) is 7.25. The molecule has 2 N–H and O–H groups in total. The van der Waals surface area contributed by atoms with Crippen molar-refractivity contribution in [3.63, 3.8) is 0 Å². The maximum absolute atomic E-state index is 13.3. The van der Waals surface area contributed by atoms with E-state index in [0.717, 1.165) is 36.1 Å². The molecule has 0 unspecified atom stereocenters. The Hall–Kier alpha value is -3.17. The zero-order valence-electron chi connectivity index (χ0n) is 14.7. The normalized spacial score (nSPS) is 21.0. The number of benzene rings is 2. The molecule has 2 aliphatic rings. The van der Waals surface area contributed by atoms with Crippen molar-refractivity contribution < 1.29 is 14.8 Å². The second-order valence-corrected chi connectivity index (χ2v) is 7.25. The van der Waals surface area contributed by atoms with Gasteiger partial charge in [0.2, 0.25) is 5.91 Å². The molecule has 1 aliphatic heterocycles. The van der Waals surface area contributed by atoms with Crippen LogP contribution in [0.5, 0.6) is 0 Å². The van der Waals surface area contributed by atoms with Crippen LogP contribution < -0.4 is 10.4 Å². The number of aryl methyl sites for hydroxylation is 1. The Balaban J connectivity index is 1.60. The molecule has 1 fully saturated rings. The molecule has 1 aliphatic carbocycles. The van der Waals surface area contributed by atoms with Gasteiger partial charge in [-0.25, -0.2) is 5.48 Å². The Morgan fingerprint density at radius 1 is 1.19 bits per heavy atom. The minimum atomic E-state index is -0.529. The summed E-state index contributed by atoms with van der Waals surface area (Å²) < 4.78 is 0. The number of nitrogens with one attached hydrogen (secondary N) is 1. The average molecular weight is 361 g/mol. The summed E-state index contributed by atoms with van der Waals surface area (Å²) in [5.41, 5.74) is 5.11. The lowest BCUT2D eigenvalue weighted by atomic mass is 9.70. The molecule has 1 atom stereocenters. The Labute approximate surface area is 157 Å². The van der Waals surface area contributed by atoms with Crippen LogP contribution in [0.4, 0.5) is 5.69 Å². The second kappa shape index (κ2) is 6.53. The monoisotopic (exact) mass is 361 g/mol. The minimum Gasteiger partial charge on any atom is -0.312 e. The Morgan fingerprint density at radius 2 is 2.04 bits per heavy atom. The van der Waals surface area contributed by atoms with Crippen LogP contribution in [0.2, 0.25) is 0 Å². The van der Waals surface area contributed by atoms with Crippen LogP contribution >= 0.6 is 0 Å². The van der Waals surface area contributed by atoms with E-state index in [0.29, 0.717) is 24.1 Å². The number of fused-ring (bicyclic) bond motifs is 1. The van der Waals surface area contributed by atoms with Crippen molar-refractivity contribution in [3.8, 4) is 6.07 Å². The van der Waals surface area contributed by atoms with Crippen LogP contribution in [0.1, 0.15) is 39.9 Å². The fourth-order valence-electron chi connectivity index (χ4n) is 4.27. The minimum absolute atomic E-state index is 0.111. The number of hydroxylamine groups is 1. The topological polar surface area (TPSA) is 93.4 Å². The molecule has 2 aromatic rings. The van der Waals surface area contributed by atoms with Gasteiger partial charge in [-0.15, -0.1) is 0 Å². The number of rotatable bonds is 2. The van der Waals surface area contributed by atoms with Gasteiger partial charge in [0, 0.05) is 17.8 Å². The zero-order valence-corrected chi connectivity index (χ0v) is 14.7. The van der Waals surface area contributed by atoms with E-state index in [1.165, 1.54) is 0 Å².